The van der Waals surface area contributed by atoms with E-state index in [0.29, 0.717) is 0 Å². The maximum Gasteiger partial charge on any atom is 0.317 e. The van der Waals surface area contributed by atoms with Crippen LogP contribution in [0.1, 0.15) is 19.8 Å². The molecule has 0 bridgehead atoms. The summed E-state index contributed by atoms with van der Waals surface area (Å²) in [6.45, 7) is 7.13. The summed E-state index contributed by atoms with van der Waals surface area (Å²) in [7, 11) is 0. The van der Waals surface area contributed by atoms with Crippen molar-refractivity contribution in [2.75, 3.05) is 39.3 Å². The van der Waals surface area contributed by atoms with Crippen LogP contribution < -0.4 is 10.6 Å². The average Bonchev–Trinajstić information content (AvgIpc) is 2.84. The van der Waals surface area contributed by atoms with Gasteiger partial charge in [-0.05, 0) is 19.8 Å². The summed E-state index contributed by atoms with van der Waals surface area (Å²) in [5.74, 6) is 0. The quantitative estimate of drug-likeness (QED) is 0.658. The number of nitrogens with zero attached hydrogens (tertiary/aromatic N) is 1. The summed E-state index contributed by atoms with van der Waals surface area (Å²) < 4.78 is 5.68. The zero-order valence-electron chi connectivity index (χ0n) is 9.92. The van der Waals surface area contributed by atoms with Crippen molar-refractivity contribution in [2.45, 2.75) is 25.4 Å². The second kappa shape index (κ2) is 5.01. The second-order valence-corrected chi connectivity index (χ2v) is 4.80. The summed E-state index contributed by atoms with van der Waals surface area (Å²) in [5, 5.41) is 6.16. The SMILES string of the molecule is CC1(CNCCN2CCNC2=O)CCCO1. The zero-order valence-corrected chi connectivity index (χ0v) is 9.92. The van der Waals surface area contributed by atoms with Gasteiger partial charge in [0.25, 0.3) is 0 Å². The first-order chi connectivity index (χ1) is 7.70. The third-order valence-electron chi connectivity index (χ3n) is 3.30. The molecule has 2 aliphatic rings. The van der Waals surface area contributed by atoms with E-state index in [9.17, 15) is 4.79 Å². The molecule has 16 heavy (non-hydrogen) atoms. The van der Waals surface area contributed by atoms with E-state index in [1.807, 2.05) is 4.90 Å². The molecule has 0 spiro atoms. The average molecular weight is 227 g/mol. The van der Waals surface area contributed by atoms with Crippen LogP contribution in [0.5, 0.6) is 0 Å². The number of hydrogen-bond acceptors (Lipinski definition) is 3. The van der Waals surface area contributed by atoms with E-state index in [1.54, 1.807) is 0 Å². The van der Waals surface area contributed by atoms with Gasteiger partial charge >= 0.3 is 6.03 Å². The number of ether oxygens (including phenoxy) is 1. The highest BCUT2D eigenvalue weighted by Crippen LogP contribution is 2.23. The molecule has 0 aliphatic carbocycles. The fraction of sp³-hybridized carbons (Fsp3) is 0.909. The van der Waals surface area contributed by atoms with Gasteiger partial charge in [0, 0.05) is 39.3 Å². The lowest BCUT2D eigenvalue weighted by Crippen LogP contribution is -2.41. The van der Waals surface area contributed by atoms with Crippen molar-refractivity contribution in [2.24, 2.45) is 0 Å². The van der Waals surface area contributed by atoms with E-state index >= 15 is 0 Å². The fourth-order valence-corrected chi connectivity index (χ4v) is 2.27. The van der Waals surface area contributed by atoms with Crippen LogP contribution in [0, 0.1) is 0 Å². The molecule has 2 saturated heterocycles. The molecular formula is C11H21N3O2. The molecule has 0 saturated carbocycles. The Morgan fingerprint density at radius 1 is 1.62 bits per heavy atom. The Morgan fingerprint density at radius 2 is 2.50 bits per heavy atom. The van der Waals surface area contributed by atoms with Crippen LogP contribution in [0.4, 0.5) is 4.79 Å². The van der Waals surface area contributed by atoms with Gasteiger partial charge in [-0.15, -0.1) is 0 Å². The van der Waals surface area contributed by atoms with E-state index in [1.165, 1.54) is 0 Å². The largest absolute Gasteiger partial charge is 0.374 e. The molecule has 0 aromatic heterocycles. The van der Waals surface area contributed by atoms with Gasteiger partial charge in [-0.1, -0.05) is 0 Å². The molecule has 0 aromatic rings. The number of amides is 2. The van der Waals surface area contributed by atoms with Gasteiger partial charge in [0.15, 0.2) is 0 Å². The normalized spacial score (nSPS) is 29.8. The summed E-state index contributed by atoms with van der Waals surface area (Å²) in [4.78, 5) is 13.1. The van der Waals surface area contributed by atoms with Gasteiger partial charge in [-0.25, -0.2) is 4.79 Å². The van der Waals surface area contributed by atoms with Gasteiger partial charge in [0.2, 0.25) is 0 Å². The van der Waals surface area contributed by atoms with Crippen LogP contribution in [-0.2, 0) is 4.74 Å². The van der Waals surface area contributed by atoms with Crippen LogP contribution in [0.3, 0.4) is 0 Å². The molecule has 1 unspecified atom stereocenters. The van der Waals surface area contributed by atoms with Crippen LogP contribution in [-0.4, -0.2) is 55.9 Å². The van der Waals surface area contributed by atoms with Crippen molar-refractivity contribution in [3.8, 4) is 0 Å². The number of hydrogen-bond donors (Lipinski definition) is 2. The molecule has 0 radical (unpaired) electrons. The lowest BCUT2D eigenvalue weighted by Gasteiger charge is -2.24. The number of carbonyl (C=O) groups is 1. The number of nitrogens with one attached hydrogen (secondary N) is 2. The molecule has 2 amide bonds. The molecule has 92 valence electrons. The van der Waals surface area contributed by atoms with E-state index < -0.39 is 0 Å². The highest BCUT2D eigenvalue weighted by molar-refractivity contribution is 5.76. The minimum atomic E-state index is 0.00721. The molecule has 2 aliphatic heterocycles. The second-order valence-electron chi connectivity index (χ2n) is 4.80. The summed E-state index contributed by atoms with van der Waals surface area (Å²) in [6.07, 6.45) is 2.29. The van der Waals surface area contributed by atoms with Crippen molar-refractivity contribution < 1.29 is 9.53 Å². The molecule has 2 N–H and O–H groups in total. The Labute approximate surface area is 96.5 Å². The van der Waals surface area contributed by atoms with Crippen molar-refractivity contribution in [3.05, 3.63) is 0 Å². The Kier molecular flexibility index (Phi) is 3.66. The fourth-order valence-electron chi connectivity index (χ4n) is 2.27. The Bertz CT molecular complexity index is 252. The first kappa shape index (κ1) is 11.7. The van der Waals surface area contributed by atoms with Crippen molar-refractivity contribution >= 4 is 6.03 Å². The summed E-state index contributed by atoms with van der Waals surface area (Å²) in [6, 6.07) is 0.0603. The predicted molar refractivity (Wildman–Crippen MR) is 61.4 cm³/mol. The first-order valence-corrected chi connectivity index (χ1v) is 6.07. The zero-order chi connectivity index (χ0) is 11.4. The Hall–Kier alpha value is -0.810. The molecule has 1 atom stereocenters. The standard InChI is InChI=1S/C11H21N3O2/c1-11(3-2-8-16-11)9-12-4-6-14-7-5-13-10(14)15/h12H,2-9H2,1H3,(H,13,15). The summed E-state index contributed by atoms with van der Waals surface area (Å²) >= 11 is 0. The molecule has 2 heterocycles. The topological polar surface area (TPSA) is 53.6 Å². The third kappa shape index (κ3) is 2.86. The van der Waals surface area contributed by atoms with Crippen molar-refractivity contribution in [3.63, 3.8) is 0 Å². The van der Waals surface area contributed by atoms with E-state index in [2.05, 4.69) is 17.6 Å². The van der Waals surface area contributed by atoms with Gasteiger partial charge in [-0.3, -0.25) is 0 Å². The van der Waals surface area contributed by atoms with E-state index in [-0.39, 0.29) is 11.6 Å². The van der Waals surface area contributed by atoms with Gasteiger partial charge in [-0.2, -0.15) is 0 Å². The molecule has 2 fully saturated rings. The van der Waals surface area contributed by atoms with Crippen LogP contribution in [0.2, 0.25) is 0 Å². The maximum atomic E-state index is 11.3. The third-order valence-corrected chi connectivity index (χ3v) is 3.30. The molecule has 5 nitrogen and oxygen atoms in total. The number of carbonyl (C=O) groups excluding carboxylic acids is 1. The van der Waals surface area contributed by atoms with Crippen LogP contribution >= 0.6 is 0 Å². The van der Waals surface area contributed by atoms with Gasteiger partial charge < -0.3 is 20.3 Å². The van der Waals surface area contributed by atoms with Gasteiger partial charge in [0.05, 0.1) is 5.60 Å². The van der Waals surface area contributed by atoms with Gasteiger partial charge in [0.1, 0.15) is 0 Å². The lowest BCUT2D eigenvalue weighted by atomic mass is 10.0. The van der Waals surface area contributed by atoms with Crippen molar-refractivity contribution in [1.29, 1.82) is 0 Å². The van der Waals surface area contributed by atoms with E-state index in [4.69, 9.17) is 4.74 Å². The number of urea groups is 1. The van der Waals surface area contributed by atoms with Crippen LogP contribution in [0.15, 0.2) is 0 Å². The molecule has 2 rings (SSSR count). The smallest absolute Gasteiger partial charge is 0.317 e. The molecular weight excluding hydrogens is 206 g/mol. The van der Waals surface area contributed by atoms with Crippen molar-refractivity contribution in [1.82, 2.24) is 15.5 Å². The minimum absolute atomic E-state index is 0.00721. The maximum absolute atomic E-state index is 11.3. The first-order valence-electron chi connectivity index (χ1n) is 6.07. The monoisotopic (exact) mass is 227 g/mol. The molecule has 0 aromatic carbocycles. The predicted octanol–water partition coefficient (Wildman–Crippen LogP) is 0.170. The number of rotatable bonds is 5. The Balaban J connectivity index is 1.59. The van der Waals surface area contributed by atoms with E-state index in [0.717, 1.165) is 52.2 Å². The summed E-state index contributed by atoms with van der Waals surface area (Å²) in [5.41, 5.74) is 0.00721. The highest BCUT2D eigenvalue weighted by Gasteiger charge is 2.29. The Morgan fingerprint density at radius 3 is 3.12 bits per heavy atom. The highest BCUT2D eigenvalue weighted by atomic mass is 16.5. The molecule has 5 heteroatoms. The minimum Gasteiger partial charge on any atom is -0.374 e. The lowest BCUT2D eigenvalue weighted by molar-refractivity contribution is 0.0209. The van der Waals surface area contributed by atoms with Crippen LogP contribution in [0.25, 0.3) is 0 Å².